The van der Waals surface area contributed by atoms with E-state index in [4.69, 9.17) is 11.6 Å². The fraction of sp³-hybridized carbons (Fsp3) is 0.375. The molecule has 0 heterocycles. The second-order valence-corrected chi connectivity index (χ2v) is 1.94. The largest absolute Gasteiger partial charge is 0.469 e. The Balaban J connectivity index is 3.43. The molecule has 11 heavy (non-hydrogen) atoms. The molecule has 0 unspecified atom stereocenters. The summed E-state index contributed by atoms with van der Waals surface area (Å²) in [7, 11) is 1.36. The summed E-state index contributed by atoms with van der Waals surface area (Å²) in [5.41, 5.74) is 1.32. The molecular weight excluding hydrogens is 164 g/mol. The third-order valence-electron chi connectivity index (χ3n) is 0.930. The van der Waals surface area contributed by atoms with Gasteiger partial charge in [0.25, 0.3) is 0 Å². The van der Waals surface area contributed by atoms with Gasteiger partial charge in [0, 0.05) is 12.0 Å². The number of halogens is 1. The van der Waals surface area contributed by atoms with Crippen LogP contribution in [0.2, 0.25) is 0 Å². The first kappa shape index (κ1) is 10.1. The standard InChI is InChI=1S/C8H9ClO2/c1-11-8(10)6-4-2-3-5-7-9/h5,7H,4,6H2,1H3/b7-5+. The van der Waals surface area contributed by atoms with Crippen LogP contribution in [0, 0.1) is 11.8 Å². The predicted octanol–water partition coefficient (Wildman–Crippen LogP) is 1.70. The monoisotopic (exact) mass is 172 g/mol. The lowest BCUT2D eigenvalue weighted by molar-refractivity contribution is -0.140. The highest BCUT2D eigenvalue weighted by molar-refractivity contribution is 6.25. The SMILES string of the molecule is COC(=O)CCC#C/C=C/Cl. The highest BCUT2D eigenvalue weighted by atomic mass is 35.5. The van der Waals surface area contributed by atoms with Crippen molar-refractivity contribution in [2.45, 2.75) is 12.8 Å². The van der Waals surface area contributed by atoms with Gasteiger partial charge in [0.05, 0.1) is 13.5 Å². The molecule has 0 atom stereocenters. The summed E-state index contributed by atoms with van der Waals surface area (Å²) >= 11 is 5.20. The molecule has 0 aromatic heterocycles. The molecular formula is C8H9ClO2. The van der Waals surface area contributed by atoms with Crippen molar-refractivity contribution in [3.8, 4) is 11.8 Å². The molecule has 60 valence electrons. The summed E-state index contributed by atoms with van der Waals surface area (Å²) in [4.78, 5) is 10.5. The summed E-state index contributed by atoms with van der Waals surface area (Å²) in [5.74, 6) is 5.13. The predicted molar refractivity (Wildman–Crippen MR) is 44.0 cm³/mol. The van der Waals surface area contributed by atoms with Gasteiger partial charge in [-0.05, 0) is 6.08 Å². The van der Waals surface area contributed by atoms with Gasteiger partial charge >= 0.3 is 5.97 Å². The average Bonchev–Trinajstić information content (AvgIpc) is 2.04. The molecule has 0 spiro atoms. The van der Waals surface area contributed by atoms with Gasteiger partial charge in [-0.1, -0.05) is 23.4 Å². The van der Waals surface area contributed by atoms with Crippen molar-refractivity contribution in [3.63, 3.8) is 0 Å². The van der Waals surface area contributed by atoms with Crippen LogP contribution < -0.4 is 0 Å². The van der Waals surface area contributed by atoms with Crippen LogP contribution in [0.1, 0.15) is 12.8 Å². The van der Waals surface area contributed by atoms with Gasteiger partial charge < -0.3 is 4.74 Å². The maximum absolute atomic E-state index is 10.5. The van der Waals surface area contributed by atoms with E-state index in [1.807, 2.05) is 0 Å². The lowest BCUT2D eigenvalue weighted by atomic mass is 10.3. The first-order valence-electron chi connectivity index (χ1n) is 3.11. The van der Waals surface area contributed by atoms with Crippen LogP contribution in [0.5, 0.6) is 0 Å². The quantitative estimate of drug-likeness (QED) is 0.468. The smallest absolute Gasteiger partial charge is 0.306 e. The Morgan fingerprint density at radius 3 is 3.00 bits per heavy atom. The van der Waals surface area contributed by atoms with Gasteiger partial charge in [-0.25, -0.2) is 0 Å². The Morgan fingerprint density at radius 2 is 2.45 bits per heavy atom. The van der Waals surface area contributed by atoms with E-state index < -0.39 is 0 Å². The van der Waals surface area contributed by atoms with Gasteiger partial charge in [0.1, 0.15) is 0 Å². The third-order valence-corrected chi connectivity index (χ3v) is 1.06. The van der Waals surface area contributed by atoms with Crippen molar-refractivity contribution in [3.05, 3.63) is 11.6 Å². The molecule has 0 aromatic rings. The van der Waals surface area contributed by atoms with E-state index in [0.717, 1.165) is 0 Å². The topological polar surface area (TPSA) is 26.3 Å². The second kappa shape index (κ2) is 7.17. The highest BCUT2D eigenvalue weighted by Gasteiger charge is 1.94. The minimum Gasteiger partial charge on any atom is -0.469 e. The minimum atomic E-state index is -0.242. The Bertz CT molecular complexity index is 198. The number of methoxy groups -OCH3 is 1. The van der Waals surface area contributed by atoms with Gasteiger partial charge in [0.2, 0.25) is 0 Å². The first-order chi connectivity index (χ1) is 5.31. The number of carbonyl (C=O) groups is 1. The number of hydrogen-bond donors (Lipinski definition) is 0. The molecule has 0 aliphatic carbocycles. The second-order valence-electron chi connectivity index (χ2n) is 1.69. The molecule has 0 saturated carbocycles. The fourth-order valence-corrected chi connectivity index (χ4v) is 0.492. The normalized spacial score (nSPS) is 8.91. The van der Waals surface area contributed by atoms with E-state index >= 15 is 0 Å². The molecule has 0 saturated heterocycles. The molecule has 0 aromatic carbocycles. The number of allylic oxidation sites excluding steroid dienone is 1. The zero-order valence-corrected chi connectivity index (χ0v) is 7.02. The van der Waals surface area contributed by atoms with Crippen molar-refractivity contribution < 1.29 is 9.53 Å². The lowest BCUT2D eigenvalue weighted by Gasteiger charge is -1.91. The van der Waals surface area contributed by atoms with Gasteiger partial charge in [-0.2, -0.15) is 0 Å². The summed E-state index contributed by atoms with van der Waals surface area (Å²) in [6.07, 6.45) is 2.35. The molecule has 2 nitrogen and oxygen atoms in total. The Kier molecular flexibility index (Phi) is 6.56. The van der Waals surface area contributed by atoms with E-state index in [-0.39, 0.29) is 5.97 Å². The first-order valence-corrected chi connectivity index (χ1v) is 3.55. The van der Waals surface area contributed by atoms with Crippen LogP contribution in [0.3, 0.4) is 0 Å². The number of carbonyl (C=O) groups excluding carboxylic acids is 1. The van der Waals surface area contributed by atoms with Crippen molar-refractivity contribution in [2.24, 2.45) is 0 Å². The maximum atomic E-state index is 10.5. The van der Waals surface area contributed by atoms with Crippen molar-refractivity contribution in [1.82, 2.24) is 0 Å². The molecule has 0 radical (unpaired) electrons. The molecule has 0 aliphatic heterocycles. The lowest BCUT2D eigenvalue weighted by Crippen LogP contribution is -1.97. The Labute approximate surface area is 71.2 Å². The number of hydrogen-bond acceptors (Lipinski definition) is 2. The van der Waals surface area contributed by atoms with Gasteiger partial charge in [-0.3, -0.25) is 4.79 Å². The van der Waals surface area contributed by atoms with Gasteiger partial charge in [-0.15, -0.1) is 0 Å². The van der Waals surface area contributed by atoms with E-state index in [2.05, 4.69) is 16.6 Å². The fourth-order valence-electron chi connectivity index (χ4n) is 0.429. The molecule has 0 bridgehead atoms. The highest BCUT2D eigenvalue weighted by Crippen LogP contribution is 1.88. The molecule has 0 aliphatic rings. The minimum absolute atomic E-state index is 0.242. The van der Waals surface area contributed by atoms with E-state index in [9.17, 15) is 4.79 Å². The molecule has 0 rings (SSSR count). The zero-order valence-electron chi connectivity index (χ0n) is 6.26. The molecule has 0 N–H and O–H groups in total. The number of esters is 1. The Morgan fingerprint density at radius 1 is 1.73 bits per heavy atom. The maximum Gasteiger partial charge on any atom is 0.306 e. The molecule has 0 amide bonds. The van der Waals surface area contributed by atoms with Crippen molar-refractivity contribution in [2.75, 3.05) is 7.11 Å². The van der Waals surface area contributed by atoms with E-state index in [1.165, 1.54) is 18.7 Å². The number of ether oxygens (including phenoxy) is 1. The van der Waals surface area contributed by atoms with Crippen molar-refractivity contribution in [1.29, 1.82) is 0 Å². The van der Waals surface area contributed by atoms with Crippen LogP contribution >= 0.6 is 11.6 Å². The van der Waals surface area contributed by atoms with Crippen LogP contribution in [0.25, 0.3) is 0 Å². The third kappa shape index (κ3) is 6.95. The summed E-state index contributed by atoms with van der Waals surface area (Å²) in [6, 6.07) is 0. The van der Waals surface area contributed by atoms with E-state index in [1.54, 1.807) is 0 Å². The molecule has 0 fully saturated rings. The Hall–Kier alpha value is -0.940. The summed E-state index contributed by atoms with van der Waals surface area (Å²) in [6.45, 7) is 0. The van der Waals surface area contributed by atoms with Crippen molar-refractivity contribution >= 4 is 17.6 Å². The van der Waals surface area contributed by atoms with Crippen LogP contribution in [0.4, 0.5) is 0 Å². The summed E-state index contributed by atoms with van der Waals surface area (Å²) in [5, 5.41) is 0. The van der Waals surface area contributed by atoms with Gasteiger partial charge in [0.15, 0.2) is 0 Å². The number of rotatable bonds is 2. The van der Waals surface area contributed by atoms with Crippen LogP contribution in [-0.2, 0) is 9.53 Å². The summed E-state index contributed by atoms with van der Waals surface area (Å²) < 4.78 is 4.41. The average molecular weight is 173 g/mol. The van der Waals surface area contributed by atoms with Crippen LogP contribution in [-0.4, -0.2) is 13.1 Å². The molecule has 3 heteroatoms. The van der Waals surface area contributed by atoms with Crippen LogP contribution in [0.15, 0.2) is 11.6 Å². The zero-order chi connectivity index (χ0) is 8.53. The van der Waals surface area contributed by atoms with E-state index in [0.29, 0.717) is 12.8 Å².